The Morgan fingerprint density at radius 2 is 1.90 bits per heavy atom. The highest BCUT2D eigenvalue weighted by Gasteiger charge is 2.13. The minimum absolute atomic E-state index is 0.0256. The molecular formula is C13H13F2NO4. The maximum atomic E-state index is 12.1. The van der Waals surface area contributed by atoms with Crippen LogP contribution in [0.4, 0.5) is 14.5 Å². The van der Waals surface area contributed by atoms with E-state index in [0.717, 1.165) is 0 Å². The molecule has 0 heterocycles. The molecular weight excluding hydrogens is 272 g/mol. The Morgan fingerprint density at radius 3 is 2.45 bits per heavy atom. The standard InChI is InChI=1S/C13H13F2NO4/c1-7(8(2)12(18)19)11(17)16-9-4-3-5-10(6-9)20-13(14)15/h3-6,13H,1-2H3,(H,16,17)(H,18,19). The van der Waals surface area contributed by atoms with E-state index in [4.69, 9.17) is 5.11 Å². The molecule has 0 atom stereocenters. The fraction of sp³-hybridized carbons (Fsp3) is 0.231. The molecule has 0 aliphatic heterocycles. The average molecular weight is 285 g/mol. The molecule has 0 radical (unpaired) electrons. The van der Waals surface area contributed by atoms with E-state index < -0.39 is 18.5 Å². The van der Waals surface area contributed by atoms with Crippen molar-refractivity contribution in [2.45, 2.75) is 20.5 Å². The van der Waals surface area contributed by atoms with Crippen LogP contribution in [0.5, 0.6) is 5.75 Å². The normalized spacial score (nSPS) is 11.8. The number of ether oxygens (including phenoxy) is 1. The summed E-state index contributed by atoms with van der Waals surface area (Å²) in [5.41, 5.74) is 0.158. The summed E-state index contributed by atoms with van der Waals surface area (Å²) in [5, 5.41) is 11.2. The first-order valence-electron chi connectivity index (χ1n) is 5.58. The first-order chi connectivity index (χ1) is 9.31. The predicted molar refractivity (Wildman–Crippen MR) is 67.7 cm³/mol. The smallest absolute Gasteiger partial charge is 0.387 e. The molecule has 0 saturated carbocycles. The summed E-state index contributed by atoms with van der Waals surface area (Å²) < 4.78 is 28.3. The van der Waals surface area contributed by atoms with Crippen molar-refractivity contribution in [3.63, 3.8) is 0 Å². The number of carbonyl (C=O) groups is 2. The second-order valence-corrected chi connectivity index (χ2v) is 3.92. The first-order valence-corrected chi connectivity index (χ1v) is 5.58. The zero-order chi connectivity index (χ0) is 15.3. The van der Waals surface area contributed by atoms with E-state index in [0.29, 0.717) is 0 Å². The summed E-state index contributed by atoms with van der Waals surface area (Å²) in [6.45, 7) is -0.303. The third-order valence-electron chi connectivity index (χ3n) is 2.54. The van der Waals surface area contributed by atoms with Crippen molar-refractivity contribution in [3.05, 3.63) is 35.4 Å². The van der Waals surface area contributed by atoms with Crippen molar-refractivity contribution in [2.75, 3.05) is 5.32 Å². The average Bonchev–Trinajstić information content (AvgIpc) is 2.36. The Balaban J connectivity index is 2.86. The number of hydrogen-bond acceptors (Lipinski definition) is 3. The lowest BCUT2D eigenvalue weighted by Gasteiger charge is -2.09. The SMILES string of the molecule is CC(C(=O)O)=C(C)C(=O)Nc1cccc(OC(F)F)c1. The van der Waals surface area contributed by atoms with Gasteiger partial charge in [-0.15, -0.1) is 0 Å². The first kappa shape index (κ1) is 15.6. The lowest BCUT2D eigenvalue weighted by Crippen LogP contribution is -2.16. The minimum atomic E-state index is -2.96. The zero-order valence-electron chi connectivity index (χ0n) is 10.8. The van der Waals surface area contributed by atoms with E-state index >= 15 is 0 Å². The number of nitrogens with one attached hydrogen (secondary N) is 1. The highest BCUT2D eigenvalue weighted by Crippen LogP contribution is 2.20. The largest absolute Gasteiger partial charge is 0.478 e. The van der Waals surface area contributed by atoms with Crippen molar-refractivity contribution in [1.29, 1.82) is 0 Å². The second kappa shape index (κ2) is 6.65. The van der Waals surface area contributed by atoms with Crippen LogP contribution >= 0.6 is 0 Å². The summed E-state index contributed by atoms with van der Waals surface area (Å²) in [4.78, 5) is 22.5. The van der Waals surface area contributed by atoms with Gasteiger partial charge in [0.2, 0.25) is 0 Å². The summed E-state index contributed by atoms with van der Waals surface area (Å²) in [5.74, 6) is -1.93. The van der Waals surface area contributed by atoms with Gasteiger partial charge in [-0.1, -0.05) is 6.07 Å². The number of carbonyl (C=O) groups excluding carboxylic acids is 1. The number of rotatable bonds is 5. The molecule has 20 heavy (non-hydrogen) atoms. The molecule has 0 aromatic heterocycles. The lowest BCUT2D eigenvalue weighted by molar-refractivity contribution is -0.133. The fourth-order valence-corrected chi connectivity index (χ4v) is 1.31. The van der Waals surface area contributed by atoms with Crippen molar-refractivity contribution < 1.29 is 28.2 Å². The molecule has 1 rings (SSSR count). The molecule has 0 saturated heterocycles. The number of benzene rings is 1. The quantitative estimate of drug-likeness (QED) is 0.815. The van der Waals surface area contributed by atoms with Crippen LogP contribution in [0.25, 0.3) is 0 Å². The number of halogens is 2. The van der Waals surface area contributed by atoms with Gasteiger partial charge in [-0.3, -0.25) is 4.79 Å². The zero-order valence-corrected chi connectivity index (χ0v) is 10.8. The molecule has 1 aromatic carbocycles. The Bertz CT molecular complexity index is 555. The Morgan fingerprint density at radius 1 is 1.25 bits per heavy atom. The Hall–Kier alpha value is -2.44. The van der Waals surface area contributed by atoms with Crippen LogP contribution in [0.1, 0.15) is 13.8 Å². The molecule has 2 N–H and O–H groups in total. The van der Waals surface area contributed by atoms with Crippen molar-refractivity contribution in [2.24, 2.45) is 0 Å². The highest BCUT2D eigenvalue weighted by atomic mass is 19.3. The van der Waals surface area contributed by atoms with Crippen LogP contribution < -0.4 is 10.1 Å². The van der Waals surface area contributed by atoms with Gasteiger partial charge in [-0.2, -0.15) is 8.78 Å². The van der Waals surface area contributed by atoms with E-state index in [2.05, 4.69) is 10.1 Å². The summed E-state index contributed by atoms with van der Waals surface area (Å²) in [6.07, 6.45) is 0. The van der Waals surface area contributed by atoms with Crippen molar-refractivity contribution in [3.8, 4) is 5.75 Å². The van der Waals surface area contributed by atoms with Crippen LogP contribution in [-0.4, -0.2) is 23.6 Å². The van der Waals surface area contributed by atoms with Crippen molar-refractivity contribution >= 4 is 17.6 Å². The number of carboxylic acid groups (broad SMARTS) is 1. The monoisotopic (exact) mass is 285 g/mol. The van der Waals surface area contributed by atoms with Crippen molar-refractivity contribution in [1.82, 2.24) is 0 Å². The summed E-state index contributed by atoms with van der Waals surface area (Å²) >= 11 is 0. The minimum Gasteiger partial charge on any atom is -0.478 e. The Labute approximate surface area is 113 Å². The molecule has 108 valence electrons. The third-order valence-corrected chi connectivity index (χ3v) is 2.54. The molecule has 1 amide bonds. The van der Waals surface area contributed by atoms with Gasteiger partial charge < -0.3 is 15.2 Å². The van der Waals surface area contributed by atoms with Crippen LogP contribution in [-0.2, 0) is 9.59 Å². The summed E-state index contributed by atoms with van der Waals surface area (Å²) in [7, 11) is 0. The number of aliphatic carboxylic acids is 1. The van der Waals surface area contributed by atoms with Gasteiger partial charge in [-0.25, -0.2) is 4.79 Å². The van der Waals surface area contributed by atoms with Gasteiger partial charge in [0, 0.05) is 22.9 Å². The third kappa shape index (κ3) is 4.34. The van der Waals surface area contributed by atoms with E-state index in [1.807, 2.05) is 0 Å². The van der Waals surface area contributed by atoms with Crippen LogP contribution in [0.15, 0.2) is 35.4 Å². The van der Waals surface area contributed by atoms with Gasteiger partial charge in [0.15, 0.2) is 0 Å². The van der Waals surface area contributed by atoms with Gasteiger partial charge in [-0.05, 0) is 26.0 Å². The molecule has 0 bridgehead atoms. The van der Waals surface area contributed by atoms with E-state index in [9.17, 15) is 18.4 Å². The fourth-order valence-electron chi connectivity index (χ4n) is 1.31. The highest BCUT2D eigenvalue weighted by molar-refractivity contribution is 6.08. The molecule has 0 aliphatic carbocycles. The molecule has 5 nitrogen and oxygen atoms in total. The van der Waals surface area contributed by atoms with E-state index in [-0.39, 0.29) is 22.6 Å². The number of alkyl halides is 2. The van der Waals surface area contributed by atoms with Gasteiger partial charge in [0.25, 0.3) is 5.91 Å². The topological polar surface area (TPSA) is 75.6 Å². The molecule has 7 heteroatoms. The van der Waals surface area contributed by atoms with Gasteiger partial charge in [0.05, 0.1) is 0 Å². The molecule has 1 aromatic rings. The number of amides is 1. The maximum absolute atomic E-state index is 12.1. The molecule has 0 spiro atoms. The number of hydrogen-bond donors (Lipinski definition) is 2. The Kier molecular flexibility index (Phi) is 5.19. The number of carboxylic acids is 1. The molecule has 0 aliphatic rings. The van der Waals surface area contributed by atoms with E-state index in [1.54, 1.807) is 0 Å². The van der Waals surface area contributed by atoms with E-state index in [1.165, 1.54) is 38.1 Å². The summed E-state index contributed by atoms with van der Waals surface area (Å²) in [6, 6.07) is 5.43. The second-order valence-electron chi connectivity index (χ2n) is 3.92. The number of anilines is 1. The van der Waals surface area contributed by atoms with Gasteiger partial charge >= 0.3 is 12.6 Å². The lowest BCUT2D eigenvalue weighted by atomic mass is 10.1. The van der Waals surface area contributed by atoms with Crippen LogP contribution in [0, 0.1) is 0 Å². The maximum Gasteiger partial charge on any atom is 0.387 e. The molecule has 0 fully saturated rings. The van der Waals surface area contributed by atoms with Crippen LogP contribution in [0.2, 0.25) is 0 Å². The van der Waals surface area contributed by atoms with Crippen LogP contribution in [0.3, 0.4) is 0 Å². The molecule has 0 unspecified atom stereocenters. The predicted octanol–water partition coefficient (Wildman–Crippen LogP) is 2.65. The van der Waals surface area contributed by atoms with Gasteiger partial charge in [0.1, 0.15) is 5.75 Å².